The van der Waals surface area contributed by atoms with Crippen molar-refractivity contribution in [2.75, 3.05) is 0 Å². The van der Waals surface area contributed by atoms with Crippen LogP contribution in [0.3, 0.4) is 0 Å². The number of hydrogen-bond acceptors (Lipinski definition) is 6. The smallest absolute Gasteiger partial charge is 0.336 e. The van der Waals surface area contributed by atoms with Gasteiger partial charge in [0.05, 0.1) is 12.0 Å². The minimum Gasteiger partial charge on any atom is -0.548 e. The molecule has 0 bridgehead atoms. The van der Waals surface area contributed by atoms with Crippen LogP contribution in [-0.4, -0.2) is 24.0 Å². The molecule has 158 valence electrons. The predicted octanol–water partition coefficient (Wildman–Crippen LogP) is 2.25. The maximum absolute atomic E-state index is 12.3. The lowest BCUT2D eigenvalue weighted by Crippen LogP contribution is -2.51. The van der Waals surface area contributed by atoms with E-state index in [0.29, 0.717) is 23.3 Å². The number of carbonyl (C=O) groups excluding carboxylic acids is 2. The summed E-state index contributed by atoms with van der Waals surface area (Å²) in [7, 11) is 0. The fraction of sp³-hybridized carbons (Fsp3) is 0.500. The highest BCUT2D eigenvalue weighted by Crippen LogP contribution is 2.29. The average molecular weight is 402 g/mol. The number of unbranched alkanes of at least 4 members (excludes halogenated alkanes) is 1. The van der Waals surface area contributed by atoms with E-state index >= 15 is 0 Å². The monoisotopic (exact) mass is 402 g/mol. The molecular formula is C22H28NO6-. The van der Waals surface area contributed by atoms with Crippen molar-refractivity contribution in [2.24, 2.45) is 0 Å². The zero-order valence-corrected chi connectivity index (χ0v) is 17.4. The Bertz CT molecular complexity index is 933. The van der Waals surface area contributed by atoms with Crippen molar-refractivity contribution < 1.29 is 23.8 Å². The summed E-state index contributed by atoms with van der Waals surface area (Å²) in [5.41, 5.74) is 1.55. The van der Waals surface area contributed by atoms with Crippen molar-refractivity contribution in [1.29, 1.82) is 0 Å². The van der Waals surface area contributed by atoms with E-state index in [9.17, 15) is 19.5 Å². The van der Waals surface area contributed by atoms with Gasteiger partial charge < -0.3 is 24.4 Å². The van der Waals surface area contributed by atoms with Crippen LogP contribution < -0.4 is 20.8 Å². The van der Waals surface area contributed by atoms with E-state index in [1.54, 1.807) is 13.0 Å². The molecule has 2 rings (SSSR count). The molecule has 0 aliphatic heterocycles. The Kier molecular flexibility index (Phi) is 7.82. The summed E-state index contributed by atoms with van der Waals surface area (Å²) in [6.45, 7) is 7.20. The molecule has 1 aromatic carbocycles. The Morgan fingerprint density at radius 2 is 1.97 bits per heavy atom. The van der Waals surface area contributed by atoms with Crippen LogP contribution in [0, 0.1) is 6.92 Å². The molecule has 0 saturated heterocycles. The molecule has 1 aromatic heterocycles. The lowest BCUT2D eigenvalue weighted by atomic mass is 10.0. The topological polar surface area (TPSA) is 109 Å². The largest absolute Gasteiger partial charge is 0.548 e. The minimum absolute atomic E-state index is 0.279. The molecule has 0 radical (unpaired) electrons. The quantitative estimate of drug-likeness (QED) is 0.611. The van der Waals surface area contributed by atoms with Gasteiger partial charge in [0, 0.05) is 17.0 Å². The van der Waals surface area contributed by atoms with Crippen LogP contribution in [0.5, 0.6) is 5.75 Å². The van der Waals surface area contributed by atoms with Crippen LogP contribution in [0.25, 0.3) is 11.0 Å². The van der Waals surface area contributed by atoms with Crippen LogP contribution in [0.1, 0.15) is 57.6 Å². The number of amides is 1. The first kappa shape index (κ1) is 22.5. The summed E-state index contributed by atoms with van der Waals surface area (Å²) < 4.78 is 11.1. The lowest BCUT2D eigenvalue weighted by Gasteiger charge is -2.22. The van der Waals surface area contributed by atoms with E-state index in [-0.39, 0.29) is 6.42 Å². The first-order valence-corrected chi connectivity index (χ1v) is 10.0. The van der Waals surface area contributed by atoms with Crippen LogP contribution in [0.4, 0.5) is 0 Å². The van der Waals surface area contributed by atoms with Crippen molar-refractivity contribution in [2.45, 2.75) is 71.9 Å². The minimum atomic E-state index is -1.32. The Balaban J connectivity index is 2.25. The van der Waals surface area contributed by atoms with E-state index in [0.717, 1.165) is 30.2 Å². The second-order valence-corrected chi connectivity index (χ2v) is 7.19. The summed E-state index contributed by atoms with van der Waals surface area (Å²) in [5, 5.41) is 14.4. The number of hydrogen-bond donors (Lipinski definition) is 1. The van der Waals surface area contributed by atoms with Crippen LogP contribution in [-0.2, 0) is 16.0 Å². The first-order valence-electron chi connectivity index (χ1n) is 10.0. The van der Waals surface area contributed by atoms with Gasteiger partial charge in [0.25, 0.3) is 5.91 Å². The van der Waals surface area contributed by atoms with E-state index in [1.807, 2.05) is 13.0 Å². The number of carbonyl (C=O) groups is 2. The van der Waals surface area contributed by atoms with E-state index in [4.69, 9.17) is 9.15 Å². The highest BCUT2D eigenvalue weighted by Gasteiger charge is 2.21. The Hall–Kier alpha value is -2.83. The first-order chi connectivity index (χ1) is 13.8. The van der Waals surface area contributed by atoms with E-state index < -0.39 is 29.6 Å². The van der Waals surface area contributed by atoms with Gasteiger partial charge in [0.1, 0.15) is 11.3 Å². The van der Waals surface area contributed by atoms with Gasteiger partial charge in [-0.3, -0.25) is 4.79 Å². The Morgan fingerprint density at radius 3 is 2.59 bits per heavy atom. The molecule has 0 spiro atoms. The summed E-state index contributed by atoms with van der Waals surface area (Å²) in [6.07, 6.45) is 2.70. The summed E-state index contributed by atoms with van der Waals surface area (Å²) in [5.74, 6) is -1.47. The number of aryl methyl sites for hydroxylation is 2. The highest BCUT2D eigenvalue weighted by molar-refractivity contribution is 5.87. The van der Waals surface area contributed by atoms with Crippen LogP contribution >= 0.6 is 0 Å². The molecule has 7 heteroatoms. The highest BCUT2D eigenvalue weighted by atomic mass is 16.5. The second-order valence-electron chi connectivity index (χ2n) is 7.19. The predicted molar refractivity (Wildman–Crippen MR) is 108 cm³/mol. The Morgan fingerprint density at radius 1 is 1.24 bits per heavy atom. The van der Waals surface area contributed by atoms with Gasteiger partial charge in [-0.1, -0.05) is 26.7 Å². The van der Waals surface area contributed by atoms with Crippen LogP contribution in [0.2, 0.25) is 0 Å². The van der Waals surface area contributed by atoms with Gasteiger partial charge in [-0.05, 0) is 50.8 Å². The molecular weight excluding hydrogens is 374 g/mol. The fourth-order valence-electron chi connectivity index (χ4n) is 3.18. The molecule has 7 nitrogen and oxygen atoms in total. The second kappa shape index (κ2) is 10.1. The molecule has 0 fully saturated rings. The Labute approximate surface area is 170 Å². The summed E-state index contributed by atoms with van der Waals surface area (Å²) in [4.78, 5) is 35.4. The van der Waals surface area contributed by atoms with Gasteiger partial charge in [0.15, 0.2) is 6.10 Å². The third-order valence-electron chi connectivity index (χ3n) is 4.85. The molecule has 1 amide bonds. The van der Waals surface area contributed by atoms with Crippen molar-refractivity contribution in [1.82, 2.24) is 5.32 Å². The van der Waals surface area contributed by atoms with Crippen molar-refractivity contribution >= 4 is 22.8 Å². The van der Waals surface area contributed by atoms with Crippen molar-refractivity contribution in [3.8, 4) is 5.75 Å². The normalized spacial score (nSPS) is 13.1. The number of aliphatic carboxylic acids is 1. The molecule has 0 saturated carbocycles. The average Bonchev–Trinajstić information content (AvgIpc) is 2.67. The third kappa shape index (κ3) is 5.59. The lowest BCUT2D eigenvalue weighted by molar-refractivity contribution is -0.308. The third-order valence-corrected chi connectivity index (χ3v) is 4.85. The number of fused-ring (bicyclic) bond motifs is 1. The van der Waals surface area contributed by atoms with Crippen LogP contribution in [0.15, 0.2) is 27.4 Å². The maximum atomic E-state index is 12.3. The summed E-state index contributed by atoms with van der Waals surface area (Å²) >= 11 is 0. The number of rotatable bonds is 10. The maximum Gasteiger partial charge on any atom is 0.336 e. The number of carboxylic acid groups (broad SMARTS) is 1. The number of ether oxygens (including phenoxy) is 1. The number of benzene rings is 1. The molecule has 2 atom stereocenters. The number of carboxylic acids is 1. The SMILES string of the molecule is CCCCc1cc(=O)oc2c(C)c(O[C@H](C)C(=O)N[C@@H](CCC)C(=O)[O-])ccc12. The zero-order valence-electron chi connectivity index (χ0n) is 17.4. The van der Waals surface area contributed by atoms with Crippen molar-refractivity contribution in [3.63, 3.8) is 0 Å². The molecule has 0 aliphatic rings. The van der Waals surface area contributed by atoms with E-state index in [1.165, 1.54) is 13.0 Å². The zero-order chi connectivity index (χ0) is 21.6. The molecule has 29 heavy (non-hydrogen) atoms. The van der Waals surface area contributed by atoms with Gasteiger partial charge in [-0.15, -0.1) is 0 Å². The van der Waals surface area contributed by atoms with E-state index in [2.05, 4.69) is 12.2 Å². The van der Waals surface area contributed by atoms with Gasteiger partial charge in [-0.2, -0.15) is 0 Å². The van der Waals surface area contributed by atoms with Gasteiger partial charge in [0.2, 0.25) is 0 Å². The molecule has 1 heterocycles. The van der Waals surface area contributed by atoms with Gasteiger partial charge >= 0.3 is 5.63 Å². The molecule has 0 aliphatic carbocycles. The van der Waals surface area contributed by atoms with Crippen molar-refractivity contribution in [3.05, 3.63) is 39.7 Å². The fourth-order valence-corrected chi connectivity index (χ4v) is 3.18. The number of nitrogens with one attached hydrogen (secondary N) is 1. The standard InChI is InChI=1S/C22H29NO6/c1-5-7-9-15-12-19(24)29-20-13(3)18(11-10-16(15)20)28-14(4)21(25)23-17(8-6-2)22(26)27/h10-12,14,17H,5-9H2,1-4H3,(H,23,25)(H,26,27)/p-1/t14-,17+/m1/s1. The molecule has 1 N–H and O–H groups in total. The summed E-state index contributed by atoms with van der Waals surface area (Å²) in [6, 6.07) is 4.01. The van der Waals surface area contributed by atoms with Gasteiger partial charge in [-0.25, -0.2) is 4.79 Å². The molecule has 0 unspecified atom stereocenters. The molecule has 2 aromatic rings.